The van der Waals surface area contributed by atoms with Gasteiger partial charge in [0.05, 0.1) is 5.69 Å². The molecule has 0 radical (unpaired) electrons. The summed E-state index contributed by atoms with van der Waals surface area (Å²) < 4.78 is 5.81. The summed E-state index contributed by atoms with van der Waals surface area (Å²) in [7, 11) is 0. The van der Waals surface area contributed by atoms with Crippen molar-refractivity contribution < 1.29 is 19.1 Å². The van der Waals surface area contributed by atoms with Crippen LogP contribution in [0.4, 0.5) is 0 Å². The highest BCUT2D eigenvalue weighted by molar-refractivity contribution is 7.12. The van der Waals surface area contributed by atoms with Gasteiger partial charge in [0, 0.05) is 32.1 Å². The van der Waals surface area contributed by atoms with E-state index in [-0.39, 0.29) is 10.8 Å². The van der Waals surface area contributed by atoms with Crippen molar-refractivity contribution in [1.82, 2.24) is 15.8 Å². The van der Waals surface area contributed by atoms with Gasteiger partial charge in [-0.25, -0.2) is 4.98 Å². The lowest BCUT2D eigenvalue weighted by Crippen LogP contribution is -2.53. The van der Waals surface area contributed by atoms with Crippen molar-refractivity contribution in [2.24, 2.45) is 0 Å². The van der Waals surface area contributed by atoms with Crippen LogP contribution in [0.15, 0.2) is 78.2 Å². The number of hydrazine groups is 1. The number of ether oxygens (including phenoxy) is 1. The average molecular weight is 554 g/mol. The number of benzene rings is 3. The minimum absolute atomic E-state index is 0.163. The van der Waals surface area contributed by atoms with Gasteiger partial charge in [0.15, 0.2) is 16.4 Å². The summed E-state index contributed by atoms with van der Waals surface area (Å²) in [5, 5.41) is 3.08. The maximum atomic E-state index is 12.7. The molecule has 0 bridgehead atoms. The Bertz CT molecular complexity index is 1430. The molecular weight excluding hydrogens is 533 g/mol. The Labute approximate surface area is 227 Å². The molecule has 0 unspecified atom stereocenters. The summed E-state index contributed by atoms with van der Waals surface area (Å²) in [6.45, 7) is 3.12. The lowest BCUT2D eigenvalue weighted by Gasteiger charge is -2.25. The van der Waals surface area contributed by atoms with Crippen LogP contribution in [0.25, 0.3) is 11.3 Å². The molecule has 0 atom stereocenters. The number of carbonyl (C=O) groups excluding carboxylic acids is 3. The second kappa shape index (κ2) is 11.1. The molecule has 4 aromatic rings. The van der Waals surface area contributed by atoms with Crippen LogP contribution in [-0.4, -0.2) is 28.2 Å². The van der Waals surface area contributed by atoms with E-state index < -0.39 is 17.4 Å². The molecule has 10 heteroatoms. The smallest absolute Gasteiger partial charge is 0.298 e. The number of thiazole rings is 1. The third kappa shape index (κ3) is 6.54. The van der Waals surface area contributed by atoms with Crippen LogP contribution in [0.2, 0.25) is 10.0 Å². The highest BCUT2D eigenvalue weighted by Gasteiger charge is 2.30. The van der Waals surface area contributed by atoms with Gasteiger partial charge in [-0.15, -0.1) is 11.3 Å². The van der Waals surface area contributed by atoms with Gasteiger partial charge in [0.25, 0.3) is 11.8 Å². The molecule has 188 valence electrons. The number of hydrogen-bond acceptors (Lipinski definition) is 6. The predicted molar refractivity (Wildman–Crippen MR) is 144 cm³/mol. The van der Waals surface area contributed by atoms with Crippen LogP contribution in [0, 0.1) is 0 Å². The number of rotatable bonds is 7. The Morgan fingerprint density at radius 1 is 0.811 bits per heavy atom. The largest absolute Gasteiger partial charge is 0.478 e. The van der Waals surface area contributed by atoms with Gasteiger partial charge < -0.3 is 4.74 Å². The van der Waals surface area contributed by atoms with E-state index in [2.05, 4.69) is 15.8 Å². The second-order valence-corrected chi connectivity index (χ2v) is 10.2. The lowest BCUT2D eigenvalue weighted by molar-refractivity contribution is -0.135. The molecular formula is C27H21Cl2N3O4S. The monoisotopic (exact) mass is 553 g/mol. The van der Waals surface area contributed by atoms with Crippen LogP contribution in [0.1, 0.15) is 39.6 Å². The van der Waals surface area contributed by atoms with Gasteiger partial charge >= 0.3 is 0 Å². The van der Waals surface area contributed by atoms with E-state index in [1.165, 1.54) is 0 Å². The van der Waals surface area contributed by atoms with E-state index in [1.807, 2.05) is 0 Å². The van der Waals surface area contributed by atoms with Crippen molar-refractivity contribution >= 4 is 52.1 Å². The Morgan fingerprint density at radius 3 is 1.95 bits per heavy atom. The third-order valence-corrected chi connectivity index (χ3v) is 6.62. The van der Waals surface area contributed by atoms with Crippen molar-refractivity contribution in [2.45, 2.75) is 19.4 Å². The van der Waals surface area contributed by atoms with E-state index in [1.54, 1.807) is 92.0 Å². The average Bonchev–Trinajstić information content (AvgIpc) is 3.38. The van der Waals surface area contributed by atoms with Crippen LogP contribution in [0.5, 0.6) is 5.75 Å². The first-order valence-electron chi connectivity index (χ1n) is 11.0. The fourth-order valence-corrected chi connectivity index (χ4v) is 4.21. The van der Waals surface area contributed by atoms with Crippen LogP contribution in [-0.2, 0) is 4.79 Å². The zero-order valence-corrected chi connectivity index (χ0v) is 22.1. The molecule has 1 heterocycles. The van der Waals surface area contributed by atoms with Crippen molar-refractivity contribution in [3.8, 4) is 17.0 Å². The topological polar surface area (TPSA) is 97.4 Å². The maximum Gasteiger partial charge on any atom is 0.298 e. The summed E-state index contributed by atoms with van der Waals surface area (Å²) in [4.78, 5) is 42.1. The highest BCUT2D eigenvalue weighted by atomic mass is 35.5. The minimum atomic E-state index is -1.33. The number of aromatic nitrogens is 1. The standard InChI is InChI=1S/C27H21Cl2N3O4S/c1-27(2,36-21-13-7-18(8-14-21)23(33)17-5-11-20(29)12-6-17)26(35)32-31-24(34)25-30-22(15-37-25)16-3-9-19(28)10-4-16/h3-15H,1-2H3,(H,31,34)(H,32,35). The first-order chi connectivity index (χ1) is 17.6. The molecule has 0 saturated heterocycles. The summed E-state index contributed by atoms with van der Waals surface area (Å²) in [6.07, 6.45) is 0. The third-order valence-electron chi connectivity index (χ3n) is 5.27. The molecule has 0 spiro atoms. The molecule has 4 rings (SSSR count). The SMILES string of the molecule is CC(C)(Oc1ccc(C(=O)c2ccc(Cl)cc2)cc1)C(=O)NNC(=O)c1nc(-c2ccc(Cl)cc2)cs1. The Hall–Kier alpha value is -3.72. The fourth-order valence-electron chi connectivity index (χ4n) is 3.23. The Kier molecular flexibility index (Phi) is 7.92. The number of hydrogen-bond donors (Lipinski definition) is 2. The van der Waals surface area contributed by atoms with Crippen LogP contribution < -0.4 is 15.6 Å². The van der Waals surface area contributed by atoms with Gasteiger partial charge in [-0.05, 0) is 74.5 Å². The highest BCUT2D eigenvalue weighted by Crippen LogP contribution is 2.24. The lowest BCUT2D eigenvalue weighted by atomic mass is 10.0. The summed E-state index contributed by atoms with van der Waals surface area (Å²) >= 11 is 12.9. The van der Waals surface area contributed by atoms with Crippen LogP contribution >= 0.6 is 34.5 Å². The van der Waals surface area contributed by atoms with Crippen molar-refractivity contribution in [3.05, 3.63) is 104 Å². The van der Waals surface area contributed by atoms with E-state index in [0.29, 0.717) is 32.6 Å². The molecule has 0 aliphatic rings. The van der Waals surface area contributed by atoms with Gasteiger partial charge in [-0.3, -0.25) is 25.2 Å². The normalized spacial score (nSPS) is 11.0. The summed E-state index contributed by atoms with van der Waals surface area (Å²) in [6, 6.07) is 20.1. The maximum absolute atomic E-state index is 12.7. The van der Waals surface area contributed by atoms with E-state index in [9.17, 15) is 14.4 Å². The van der Waals surface area contributed by atoms with Gasteiger partial charge in [0.1, 0.15) is 5.75 Å². The molecule has 3 aromatic carbocycles. The number of amides is 2. The van der Waals surface area contributed by atoms with Crippen molar-refractivity contribution in [1.29, 1.82) is 0 Å². The van der Waals surface area contributed by atoms with Crippen molar-refractivity contribution in [2.75, 3.05) is 0 Å². The number of nitrogens with one attached hydrogen (secondary N) is 2. The van der Waals surface area contributed by atoms with Gasteiger partial charge in [-0.2, -0.15) is 0 Å². The zero-order chi connectivity index (χ0) is 26.6. The Morgan fingerprint density at radius 2 is 1.35 bits per heavy atom. The van der Waals surface area contributed by atoms with E-state index in [0.717, 1.165) is 16.9 Å². The molecule has 0 aliphatic carbocycles. The number of carbonyl (C=O) groups is 3. The predicted octanol–water partition coefficient (Wildman–Crippen LogP) is 5.97. The quantitative estimate of drug-likeness (QED) is 0.217. The molecule has 2 N–H and O–H groups in total. The van der Waals surface area contributed by atoms with E-state index >= 15 is 0 Å². The molecule has 1 aromatic heterocycles. The first kappa shape index (κ1) is 26.3. The molecule has 0 fully saturated rings. The van der Waals surface area contributed by atoms with Gasteiger partial charge in [-0.1, -0.05) is 35.3 Å². The molecule has 0 aliphatic heterocycles. The van der Waals surface area contributed by atoms with Gasteiger partial charge in [0.2, 0.25) is 0 Å². The minimum Gasteiger partial charge on any atom is -0.478 e. The first-order valence-corrected chi connectivity index (χ1v) is 12.7. The number of halogens is 2. The summed E-state index contributed by atoms with van der Waals surface area (Å²) in [5.74, 6) is -0.910. The number of ketones is 1. The fraction of sp³-hybridized carbons (Fsp3) is 0.111. The molecule has 7 nitrogen and oxygen atoms in total. The second-order valence-electron chi connectivity index (χ2n) is 8.43. The van der Waals surface area contributed by atoms with Crippen molar-refractivity contribution in [3.63, 3.8) is 0 Å². The number of nitrogens with zero attached hydrogens (tertiary/aromatic N) is 1. The Balaban J connectivity index is 1.33. The molecule has 37 heavy (non-hydrogen) atoms. The van der Waals surface area contributed by atoms with E-state index in [4.69, 9.17) is 27.9 Å². The van der Waals surface area contributed by atoms with Crippen LogP contribution in [0.3, 0.4) is 0 Å². The zero-order valence-electron chi connectivity index (χ0n) is 19.7. The summed E-state index contributed by atoms with van der Waals surface area (Å²) in [5.41, 5.74) is 5.83. The molecule has 2 amide bonds. The molecule has 0 saturated carbocycles.